The van der Waals surface area contributed by atoms with Crippen LogP contribution in [-0.4, -0.2) is 24.6 Å². The lowest BCUT2D eigenvalue weighted by Gasteiger charge is -2.23. The molecule has 3 rings (SSSR count). The standard InChI is InChI=1S/C16H24FN3/c1-20(11-12-4-2-3-5-12)16-15(17)13(8-9-18-16)10-19-14-6-7-14/h8-9,12,14,19H,2-7,10-11H2,1H3. The minimum absolute atomic E-state index is 0.152. The first-order valence-corrected chi connectivity index (χ1v) is 7.82. The SMILES string of the molecule is CN(CC1CCCC1)c1nccc(CNC2CC2)c1F. The molecule has 2 fully saturated rings. The second kappa shape index (κ2) is 6.08. The normalized spacial score (nSPS) is 19.5. The van der Waals surface area contributed by atoms with Crippen LogP contribution in [0.5, 0.6) is 0 Å². The molecule has 0 radical (unpaired) electrons. The molecule has 1 N–H and O–H groups in total. The Kier molecular flexibility index (Phi) is 4.20. The first-order valence-electron chi connectivity index (χ1n) is 7.82. The summed E-state index contributed by atoms with van der Waals surface area (Å²) < 4.78 is 14.5. The number of aromatic nitrogens is 1. The van der Waals surface area contributed by atoms with Gasteiger partial charge in [-0.05, 0) is 37.7 Å². The Balaban J connectivity index is 1.65. The minimum atomic E-state index is -0.152. The summed E-state index contributed by atoms with van der Waals surface area (Å²) >= 11 is 0. The Hall–Kier alpha value is -1.16. The van der Waals surface area contributed by atoms with Gasteiger partial charge < -0.3 is 10.2 Å². The highest BCUT2D eigenvalue weighted by molar-refractivity contribution is 5.42. The van der Waals surface area contributed by atoms with Crippen LogP contribution in [0.2, 0.25) is 0 Å². The molecule has 1 heterocycles. The number of pyridine rings is 1. The summed E-state index contributed by atoms with van der Waals surface area (Å²) in [4.78, 5) is 6.24. The van der Waals surface area contributed by atoms with E-state index in [1.807, 2.05) is 11.9 Å². The molecule has 1 aromatic rings. The predicted octanol–water partition coefficient (Wildman–Crippen LogP) is 3.10. The summed E-state index contributed by atoms with van der Waals surface area (Å²) in [5, 5.41) is 3.37. The van der Waals surface area contributed by atoms with Crippen molar-refractivity contribution in [2.24, 2.45) is 5.92 Å². The Morgan fingerprint density at radius 1 is 1.30 bits per heavy atom. The van der Waals surface area contributed by atoms with Crippen molar-refractivity contribution in [2.45, 2.75) is 51.1 Å². The average molecular weight is 277 g/mol. The monoisotopic (exact) mass is 277 g/mol. The van der Waals surface area contributed by atoms with Crippen LogP contribution in [0.3, 0.4) is 0 Å². The van der Waals surface area contributed by atoms with Crippen molar-refractivity contribution in [1.82, 2.24) is 10.3 Å². The average Bonchev–Trinajstić information content (AvgIpc) is 3.14. The highest BCUT2D eigenvalue weighted by Crippen LogP contribution is 2.28. The molecule has 0 atom stereocenters. The smallest absolute Gasteiger partial charge is 0.170 e. The second-order valence-electron chi connectivity index (χ2n) is 6.29. The fourth-order valence-corrected chi connectivity index (χ4v) is 3.08. The molecular formula is C16H24FN3. The molecular weight excluding hydrogens is 253 g/mol. The maximum absolute atomic E-state index is 14.5. The van der Waals surface area contributed by atoms with Crippen LogP contribution in [0.4, 0.5) is 10.2 Å². The molecule has 0 aromatic carbocycles. The van der Waals surface area contributed by atoms with Crippen molar-refractivity contribution in [3.63, 3.8) is 0 Å². The van der Waals surface area contributed by atoms with E-state index >= 15 is 0 Å². The number of nitrogens with one attached hydrogen (secondary N) is 1. The van der Waals surface area contributed by atoms with Gasteiger partial charge in [0.25, 0.3) is 0 Å². The first kappa shape index (κ1) is 13.8. The largest absolute Gasteiger partial charge is 0.357 e. The van der Waals surface area contributed by atoms with Crippen molar-refractivity contribution >= 4 is 5.82 Å². The number of anilines is 1. The summed E-state index contributed by atoms with van der Waals surface area (Å²) in [6.45, 7) is 1.53. The molecule has 4 heteroatoms. The van der Waals surface area contributed by atoms with E-state index in [1.54, 1.807) is 12.3 Å². The third-order valence-electron chi connectivity index (χ3n) is 4.48. The van der Waals surface area contributed by atoms with E-state index in [1.165, 1.54) is 38.5 Å². The van der Waals surface area contributed by atoms with Crippen molar-refractivity contribution in [3.05, 3.63) is 23.6 Å². The zero-order chi connectivity index (χ0) is 13.9. The lowest BCUT2D eigenvalue weighted by molar-refractivity contribution is 0.530. The lowest BCUT2D eigenvalue weighted by atomic mass is 10.1. The Bertz CT molecular complexity index is 453. The van der Waals surface area contributed by atoms with Gasteiger partial charge in [-0.2, -0.15) is 0 Å². The fraction of sp³-hybridized carbons (Fsp3) is 0.688. The van der Waals surface area contributed by atoms with Gasteiger partial charge in [-0.15, -0.1) is 0 Å². The van der Waals surface area contributed by atoms with E-state index in [4.69, 9.17) is 0 Å². The molecule has 3 nitrogen and oxygen atoms in total. The summed E-state index contributed by atoms with van der Waals surface area (Å²) in [6, 6.07) is 2.39. The van der Waals surface area contributed by atoms with Gasteiger partial charge in [-0.25, -0.2) is 9.37 Å². The molecule has 2 aliphatic rings. The van der Waals surface area contributed by atoms with Crippen LogP contribution in [-0.2, 0) is 6.54 Å². The second-order valence-corrected chi connectivity index (χ2v) is 6.29. The van der Waals surface area contributed by atoms with Crippen LogP contribution in [0.15, 0.2) is 12.3 Å². The van der Waals surface area contributed by atoms with Crippen molar-refractivity contribution in [2.75, 3.05) is 18.5 Å². The number of halogens is 1. The third-order valence-corrected chi connectivity index (χ3v) is 4.48. The van der Waals surface area contributed by atoms with Gasteiger partial charge in [-0.3, -0.25) is 0 Å². The molecule has 0 spiro atoms. The van der Waals surface area contributed by atoms with Crippen LogP contribution in [0.1, 0.15) is 44.1 Å². The number of hydrogen-bond donors (Lipinski definition) is 1. The zero-order valence-corrected chi connectivity index (χ0v) is 12.2. The highest BCUT2D eigenvalue weighted by atomic mass is 19.1. The minimum Gasteiger partial charge on any atom is -0.357 e. The molecule has 110 valence electrons. The topological polar surface area (TPSA) is 28.2 Å². The molecule has 2 aliphatic carbocycles. The van der Waals surface area contributed by atoms with E-state index in [0.717, 1.165) is 12.1 Å². The Morgan fingerprint density at radius 2 is 2.05 bits per heavy atom. The maximum Gasteiger partial charge on any atom is 0.170 e. The van der Waals surface area contributed by atoms with Crippen molar-refractivity contribution in [1.29, 1.82) is 0 Å². The van der Waals surface area contributed by atoms with E-state index in [-0.39, 0.29) is 5.82 Å². The highest BCUT2D eigenvalue weighted by Gasteiger charge is 2.22. The van der Waals surface area contributed by atoms with Crippen LogP contribution < -0.4 is 10.2 Å². The van der Waals surface area contributed by atoms with Gasteiger partial charge in [0.2, 0.25) is 0 Å². The molecule has 20 heavy (non-hydrogen) atoms. The van der Waals surface area contributed by atoms with E-state index < -0.39 is 0 Å². The molecule has 1 aromatic heterocycles. The van der Waals surface area contributed by atoms with Crippen LogP contribution in [0.25, 0.3) is 0 Å². The van der Waals surface area contributed by atoms with E-state index in [2.05, 4.69) is 10.3 Å². The fourth-order valence-electron chi connectivity index (χ4n) is 3.08. The van der Waals surface area contributed by atoms with Gasteiger partial charge >= 0.3 is 0 Å². The quantitative estimate of drug-likeness (QED) is 0.866. The predicted molar refractivity (Wildman–Crippen MR) is 79.3 cm³/mol. The molecule has 2 saturated carbocycles. The van der Waals surface area contributed by atoms with E-state index in [0.29, 0.717) is 24.3 Å². The van der Waals surface area contributed by atoms with Crippen molar-refractivity contribution < 1.29 is 4.39 Å². The Labute approximate surface area is 120 Å². The molecule has 0 bridgehead atoms. The van der Waals surface area contributed by atoms with Crippen LogP contribution >= 0.6 is 0 Å². The Morgan fingerprint density at radius 3 is 2.75 bits per heavy atom. The number of rotatable bonds is 6. The molecule has 0 aliphatic heterocycles. The van der Waals surface area contributed by atoms with Gasteiger partial charge in [0.15, 0.2) is 11.6 Å². The first-order chi connectivity index (χ1) is 9.74. The summed E-state index contributed by atoms with van der Waals surface area (Å²) in [5.41, 5.74) is 0.736. The number of hydrogen-bond acceptors (Lipinski definition) is 3. The zero-order valence-electron chi connectivity index (χ0n) is 12.2. The summed E-state index contributed by atoms with van der Waals surface area (Å²) in [5.74, 6) is 1.06. The van der Waals surface area contributed by atoms with Gasteiger partial charge in [0.05, 0.1) is 0 Å². The maximum atomic E-state index is 14.5. The lowest BCUT2D eigenvalue weighted by Crippen LogP contribution is -2.26. The number of nitrogens with zero attached hydrogens (tertiary/aromatic N) is 2. The molecule has 0 saturated heterocycles. The van der Waals surface area contributed by atoms with Crippen LogP contribution in [0, 0.1) is 11.7 Å². The molecule has 0 amide bonds. The molecule has 0 unspecified atom stereocenters. The van der Waals surface area contributed by atoms with Gasteiger partial charge in [0.1, 0.15) is 0 Å². The van der Waals surface area contributed by atoms with Gasteiger partial charge in [0, 0.05) is 37.9 Å². The van der Waals surface area contributed by atoms with Crippen molar-refractivity contribution in [3.8, 4) is 0 Å². The summed E-state index contributed by atoms with van der Waals surface area (Å²) in [7, 11) is 1.96. The van der Waals surface area contributed by atoms with Gasteiger partial charge in [-0.1, -0.05) is 12.8 Å². The summed E-state index contributed by atoms with van der Waals surface area (Å²) in [6.07, 6.45) is 9.36. The third kappa shape index (κ3) is 3.29. The van der Waals surface area contributed by atoms with E-state index in [9.17, 15) is 4.39 Å².